The summed E-state index contributed by atoms with van der Waals surface area (Å²) in [7, 11) is -3.95. The number of aryl methyl sites for hydroxylation is 1. The summed E-state index contributed by atoms with van der Waals surface area (Å²) in [5, 5.41) is 5.21. The van der Waals surface area contributed by atoms with Crippen LogP contribution in [0, 0.1) is 6.92 Å². The second-order valence-electron chi connectivity index (χ2n) is 5.00. The van der Waals surface area contributed by atoms with Gasteiger partial charge < -0.3 is 4.90 Å². The number of carbonyl (C=O) groups excluding carboxylic acids is 1. The molecule has 20 heavy (non-hydrogen) atoms. The minimum atomic E-state index is -3.95. The fourth-order valence-electron chi connectivity index (χ4n) is 2.35. The quantitative estimate of drug-likeness (QED) is 0.905. The van der Waals surface area contributed by atoms with E-state index >= 15 is 0 Å². The Morgan fingerprint density at radius 3 is 2.40 bits per heavy atom. The monoisotopic (exact) mass is 316 g/mol. The van der Waals surface area contributed by atoms with Gasteiger partial charge in [-0.2, -0.15) is 0 Å². The molecule has 1 aromatic carbocycles. The number of nitrogens with zero attached hydrogens (tertiary/aromatic N) is 1. The molecule has 0 spiro atoms. The molecule has 2 rings (SSSR count). The van der Waals surface area contributed by atoms with E-state index in [0.29, 0.717) is 24.2 Å². The highest BCUT2D eigenvalue weighted by atomic mass is 35.5. The van der Waals surface area contributed by atoms with Crippen LogP contribution in [0.4, 0.5) is 0 Å². The van der Waals surface area contributed by atoms with Crippen LogP contribution in [0.3, 0.4) is 0 Å². The van der Waals surface area contributed by atoms with E-state index in [1.165, 1.54) is 6.07 Å². The summed E-state index contributed by atoms with van der Waals surface area (Å²) < 4.78 is 23.1. The Hall–Kier alpha value is -1.11. The van der Waals surface area contributed by atoms with Gasteiger partial charge in [-0.3, -0.25) is 4.79 Å². The lowest BCUT2D eigenvalue weighted by molar-refractivity contribution is 0.0724. The minimum absolute atomic E-state index is 0.0719. The van der Waals surface area contributed by atoms with Crippen LogP contribution in [-0.2, 0) is 10.0 Å². The van der Waals surface area contributed by atoms with Gasteiger partial charge in [-0.05, 0) is 43.9 Å². The van der Waals surface area contributed by atoms with Gasteiger partial charge >= 0.3 is 0 Å². The predicted molar refractivity (Wildman–Crippen MR) is 77.3 cm³/mol. The van der Waals surface area contributed by atoms with E-state index < -0.39 is 10.0 Å². The van der Waals surface area contributed by atoms with Gasteiger partial charge in [-0.25, -0.2) is 13.6 Å². The number of nitrogens with two attached hydrogens (primary N) is 1. The van der Waals surface area contributed by atoms with E-state index in [9.17, 15) is 13.2 Å². The normalized spacial score (nSPS) is 16.2. The number of halogens is 1. The summed E-state index contributed by atoms with van der Waals surface area (Å²) in [5.41, 5.74) is 0.844. The molecule has 1 amide bonds. The summed E-state index contributed by atoms with van der Waals surface area (Å²) in [6, 6.07) is 2.87. The Kier molecular flexibility index (Phi) is 4.36. The molecule has 1 aromatic rings. The first-order valence-electron chi connectivity index (χ1n) is 6.43. The molecule has 0 atom stereocenters. The third kappa shape index (κ3) is 3.13. The molecular weight excluding hydrogens is 300 g/mol. The number of carbonyl (C=O) groups is 1. The largest absolute Gasteiger partial charge is 0.339 e. The highest BCUT2D eigenvalue weighted by Gasteiger charge is 2.22. The van der Waals surface area contributed by atoms with E-state index in [2.05, 4.69) is 0 Å². The summed E-state index contributed by atoms with van der Waals surface area (Å²) in [6.07, 6.45) is 3.06. The molecule has 0 radical (unpaired) electrons. The number of primary sulfonamides is 1. The molecule has 1 aliphatic heterocycles. The number of piperidine rings is 1. The van der Waals surface area contributed by atoms with Gasteiger partial charge in [0.15, 0.2) is 0 Å². The third-order valence-corrected chi connectivity index (χ3v) is 4.97. The van der Waals surface area contributed by atoms with Crippen molar-refractivity contribution in [2.75, 3.05) is 13.1 Å². The number of likely N-dealkylation sites (tertiary alicyclic amines) is 1. The van der Waals surface area contributed by atoms with Crippen LogP contribution in [0.15, 0.2) is 17.0 Å². The second-order valence-corrected chi connectivity index (χ2v) is 6.91. The van der Waals surface area contributed by atoms with Gasteiger partial charge in [0.1, 0.15) is 4.90 Å². The molecule has 110 valence electrons. The molecular formula is C13H17ClN2O3S. The first-order chi connectivity index (χ1) is 9.30. The van der Waals surface area contributed by atoms with Crippen molar-refractivity contribution in [3.8, 4) is 0 Å². The van der Waals surface area contributed by atoms with Crippen molar-refractivity contribution in [1.29, 1.82) is 0 Å². The molecule has 0 aliphatic carbocycles. The molecule has 1 saturated heterocycles. The molecule has 0 saturated carbocycles. The third-order valence-electron chi connectivity index (χ3n) is 3.42. The number of hydrogen-bond donors (Lipinski definition) is 1. The van der Waals surface area contributed by atoms with Crippen LogP contribution in [0.1, 0.15) is 35.2 Å². The fraction of sp³-hybridized carbons (Fsp3) is 0.462. The Labute approximate surface area is 123 Å². The Morgan fingerprint density at radius 1 is 1.25 bits per heavy atom. The zero-order chi connectivity index (χ0) is 14.9. The number of hydrogen-bond acceptors (Lipinski definition) is 3. The van der Waals surface area contributed by atoms with E-state index in [1.807, 2.05) is 0 Å². The highest BCUT2D eigenvalue weighted by molar-refractivity contribution is 7.89. The van der Waals surface area contributed by atoms with Crippen molar-refractivity contribution in [2.24, 2.45) is 5.14 Å². The van der Waals surface area contributed by atoms with Crippen molar-refractivity contribution < 1.29 is 13.2 Å². The molecule has 1 aliphatic rings. The summed E-state index contributed by atoms with van der Waals surface area (Å²) >= 11 is 5.96. The zero-order valence-electron chi connectivity index (χ0n) is 11.2. The van der Waals surface area contributed by atoms with Crippen LogP contribution < -0.4 is 5.14 Å². The Bertz CT molecular complexity index is 637. The maximum atomic E-state index is 12.4. The standard InChI is InChI=1S/C13H17ClN2O3S/c1-9-7-10(8-11(12(9)14)20(15,18)19)13(17)16-5-3-2-4-6-16/h7-8H,2-6H2,1H3,(H2,15,18,19). The van der Waals surface area contributed by atoms with Gasteiger partial charge in [-0.15, -0.1) is 0 Å². The predicted octanol–water partition coefficient (Wildman–Crippen LogP) is 1.92. The Balaban J connectivity index is 2.42. The average molecular weight is 317 g/mol. The average Bonchev–Trinajstić information content (AvgIpc) is 2.40. The van der Waals surface area contributed by atoms with Gasteiger partial charge in [-0.1, -0.05) is 11.6 Å². The van der Waals surface area contributed by atoms with E-state index in [-0.39, 0.29) is 15.8 Å². The van der Waals surface area contributed by atoms with Crippen LogP contribution in [0.25, 0.3) is 0 Å². The fourth-order valence-corrected chi connectivity index (χ4v) is 3.48. The van der Waals surface area contributed by atoms with Crippen LogP contribution in [0.2, 0.25) is 5.02 Å². The molecule has 1 fully saturated rings. The molecule has 0 aromatic heterocycles. The zero-order valence-corrected chi connectivity index (χ0v) is 12.8. The van der Waals surface area contributed by atoms with Crippen LogP contribution in [0.5, 0.6) is 0 Å². The number of amides is 1. The molecule has 7 heteroatoms. The van der Waals surface area contributed by atoms with Crippen LogP contribution in [-0.4, -0.2) is 32.3 Å². The smallest absolute Gasteiger partial charge is 0.253 e. The van der Waals surface area contributed by atoms with Crippen molar-refractivity contribution in [2.45, 2.75) is 31.1 Å². The molecule has 0 bridgehead atoms. The van der Waals surface area contributed by atoms with Crippen molar-refractivity contribution >= 4 is 27.5 Å². The first kappa shape index (κ1) is 15.3. The lowest BCUT2D eigenvalue weighted by Gasteiger charge is -2.27. The topological polar surface area (TPSA) is 80.5 Å². The molecule has 2 N–H and O–H groups in total. The lowest BCUT2D eigenvalue weighted by Crippen LogP contribution is -2.35. The van der Waals surface area contributed by atoms with Gasteiger partial charge in [0.2, 0.25) is 10.0 Å². The molecule has 1 heterocycles. The number of rotatable bonds is 2. The van der Waals surface area contributed by atoms with Crippen molar-refractivity contribution in [3.63, 3.8) is 0 Å². The van der Waals surface area contributed by atoms with E-state index in [4.69, 9.17) is 16.7 Å². The van der Waals surface area contributed by atoms with E-state index in [1.54, 1.807) is 17.9 Å². The second kappa shape index (κ2) is 5.71. The molecule has 5 nitrogen and oxygen atoms in total. The van der Waals surface area contributed by atoms with Crippen LogP contribution >= 0.6 is 11.6 Å². The summed E-state index contributed by atoms with van der Waals surface area (Å²) in [5.74, 6) is -0.172. The maximum absolute atomic E-state index is 12.4. The summed E-state index contributed by atoms with van der Waals surface area (Å²) in [4.78, 5) is 13.9. The van der Waals surface area contributed by atoms with Gasteiger partial charge in [0.05, 0.1) is 5.02 Å². The highest BCUT2D eigenvalue weighted by Crippen LogP contribution is 2.27. The van der Waals surface area contributed by atoms with Crippen molar-refractivity contribution in [1.82, 2.24) is 4.90 Å². The minimum Gasteiger partial charge on any atom is -0.339 e. The van der Waals surface area contributed by atoms with Gasteiger partial charge in [0, 0.05) is 18.7 Å². The summed E-state index contributed by atoms with van der Waals surface area (Å²) in [6.45, 7) is 3.06. The van der Waals surface area contributed by atoms with Gasteiger partial charge in [0.25, 0.3) is 5.91 Å². The maximum Gasteiger partial charge on any atom is 0.253 e. The van der Waals surface area contributed by atoms with Crippen molar-refractivity contribution in [3.05, 3.63) is 28.3 Å². The Morgan fingerprint density at radius 2 is 1.85 bits per heavy atom. The number of sulfonamides is 1. The lowest BCUT2D eigenvalue weighted by atomic mass is 10.1. The number of benzene rings is 1. The first-order valence-corrected chi connectivity index (χ1v) is 8.35. The van der Waals surface area contributed by atoms with E-state index in [0.717, 1.165) is 19.3 Å². The SMILES string of the molecule is Cc1cc(C(=O)N2CCCCC2)cc(S(N)(=O)=O)c1Cl. The molecule has 0 unspecified atom stereocenters.